The first-order valence-corrected chi connectivity index (χ1v) is 8.68. The van der Waals surface area contributed by atoms with Gasteiger partial charge in [0.2, 0.25) is 5.91 Å². The first-order chi connectivity index (χ1) is 10.2. The fraction of sp³-hybridized carbons (Fsp3) is 0.882. The summed E-state index contributed by atoms with van der Waals surface area (Å²) in [6, 6.07) is 0. The molecule has 0 aliphatic carbocycles. The number of nitrogens with one attached hydrogen (secondary N) is 1. The zero-order valence-corrected chi connectivity index (χ0v) is 15.4. The van der Waals surface area contributed by atoms with Gasteiger partial charge in [0, 0.05) is 13.0 Å². The molecule has 21 heavy (non-hydrogen) atoms. The highest BCUT2D eigenvalue weighted by atomic mass is 16.6. The van der Waals surface area contributed by atoms with Crippen molar-refractivity contribution >= 4 is 11.6 Å². The van der Waals surface area contributed by atoms with E-state index in [0.717, 1.165) is 44.4 Å². The van der Waals surface area contributed by atoms with Gasteiger partial charge in [-0.05, 0) is 25.7 Å². The average Bonchev–Trinajstić information content (AvgIpc) is 2.55. The van der Waals surface area contributed by atoms with E-state index in [9.17, 15) is 4.79 Å². The van der Waals surface area contributed by atoms with E-state index in [2.05, 4.69) is 31.2 Å². The molecule has 0 rings (SSSR count). The molecule has 0 radical (unpaired) electrons. The monoisotopic (exact) mass is 302 g/mol. The van der Waals surface area contributed by atoms with Gasteiger partial charge in [-0.1, -0.05) is 60.0 Å². The van der Waals surface area contributed by atoms with E-state index in [1.807, 2.05) is 27.7 Å². The van der Waals surface area contributed by atoms with E-state index in [0.29, 0.717) is 13.0 Å². The third-order valence-corrected chi connectivity index (χ3v) is 2.50. The summed E-state index contributed by atoms with van der Waals surface area (Å²) in [5.41, 5.74) is 1.07. The Morgan fingerprint density at radius 3 is 2.05 bits per heavy atom. The Morgan fingerprint density at radius 1 is 1.00 bits per heavy atom. The minimum atomic E-state index is 0.109. The predicted molar refractivity (Wildman–Crippen MR) is 93.8 cm³/mol. The number of nitrogens with zero attached hydrogens (tertiary/aromatic N) is 1. The van der Waals surface area contributed by atoms with E-state index < -0.39 is 0 Å². The maximum absolute atomic E-state index is 11.3. The van der Waals surface area contributed by atoms with Gasteiger partial charge in [0.25, 0.3) is 0 Å². The largest absolute Gasteiger partial charge is 0.396 e. The summed E-state index contributed by atoms with van der Waals surface area (Å²) in [6.45, 7) is 15.5. The zero-order chi connectivity index (χ0) is 16.9. The van der Waals surface area contributed by atoms with Crippen LogP contribution in [-0.4, -0.2) is 24.8 Å². The molecular formula is C17H38N2O2. The van der Waals surface area contributed by atoms with Crippen LogP contribution < -0.4 is 5.32 Å². The SMILES string of the molecule is CC.CC.CCCCNC(=O)CCCON=C(CC)CC. The normalized spacial score (nSPS) is 8.52. The Balaban J connectivity index is -0.000000739. The Labute approximate surface area is 132 Å². The number of rotatable bonds is 10. The van der Waals surface area contributed by atoms with Gasteiger partial charge in [0.15, 0.2) is 0 Å². The maximum Gasteiger partial charge on any atom is 0.220 e. The first kappa shape index (κ1) is 24.9. The van der Waals surface area contributed by atoms with Crippen LogP contribution in [0, 0.1) is 0 Å². The lowest BCUT2D eigenvalue weighted by atomic mass is 10.2. The second kappa shape index (κ2) is 24.0. The molecule has 128 valence electrons. The van der Waals surface area contributed by atoms with Crippen molar-refractivity contribution in [1.82, 2.24) is 5.32 Å². The van der Waals surface area contributed by atoms with Crippen molar-refractivity contribution in [2.24, 2.45) is 5.16 Å². The molecule has 0 heterocycles. The highest BCUT2D eigenvalue weighted by Crippen LogP contribution is 1.96. The molecule has 0 fully saturated rings. The van der Waals surface area contributed by atoms with Crippen molar-refractivity contribution in [2.45, 2.75) is 87.0 Å². The molecule has 0 aromatic heterocycles. The Hall–Kier alpha value is -1.06. The van der Waals surface area contributed by atoms with Crippen LogP contribution in [-0.2, 0) is 9.63 Å². The van der Waals surface area contributed by atoms with Crippen LogP contribution in [0.1, 0.15) is 87.0 Å². The van der Waals surface area contributed by atoms with Gasteiger partial charge in [0.1, 0.15) is 6.61 Å². The van der Waals surface area contributed by atoms with E-state index in [4.69, 9.17) is 4.84 Å². The van der Waals surface area contributed by atoms with Crippen molar-refractivity contribution < 1.29 is 9.63 Å². The van der Waals surface area contributed by atoms with Crippen LogP contribution in [0.3, 0.4) is 0 Å². The smallest absolute Gasteiger partial charge is 0.220 e. The number of carbonyl (C=O) groups excluding carboxylic acids is 1. The number of unbranched alkanes of at least 4 members (excludes halogenated alkanes) is 1. The molecule has 0 aromatic rings. The summed E-state index contributed by atoms with van der Waals surface area (Å²) in [5, 5.41) is 6.89. The number of hydrogen-bond donors (Lipinski definition) is 1. The van der Waals surface area contributed by atoms with Crippen molar-refractivity contribution in [3.8, 4) is 0 Å². The molecule has 0 saturated carbocycles. The summed E-state index contributed by atoms with van der Waals surface area (Å²) in [4.78, 5) is 16.5. The van der Waals surface area contributed by atoms with E-state index in [1.165, 1.54) is 0 Å². The molecule has 4 nitrogen and oxygen atoms in total. The molecule has 0 unspecified atom stereocenters. The fourth-order valence-corrected chi connectivity index (χ4v) is 1.31. The number of amides is 1. The lowest BCUT2D eigenvalue weighted by Crippen LogP contribution is -2.24. The highest BCUT2D eigenvalue weighted by molar-refractivity contribution is 5.83. The molecule has 0 aliphatic rings. The lowest BCUT2D eigenvalue weighted by molar-refractivity contribution is -0.121. The van der Waals surface area contributed by atoms with Gasteiger partial charge in [-0.3, -0.25) is 4.79 Å². The number of carbonyl (C=O) groups is 1. The summed E-state index contributed by atoms with van der Waals surface area (Å²) in [5.74, 6) is 0.109. The molecular weight excluding hydrogens is 264 g/mol. The molecule has 0 aliphatic heterocycles. The summed E-state index contributed by atoms with van der Waals surface area (Å²) in [6.07, 6.45) is 5.24. The lowest BCUT2D eigenvalue weighted by Gasteiger charge is -2.04. The van der Waals surface area contributed by atoms with Crippen molar-refractivity contribution in [1.29, 1.82) is 0 Å². The number of hydrogen-bond acceptors (Lipinski definition) is 3. The predicted octanol–water partition coefficient (Wildman–Crippen LogP) is 4.93. The molecule has 0 bridgehead atoms. The molecule has 0 saturated heterocycles. The van der Waals surface area contributed by atoms with Crippen LogP contribution in [0.4, 0.5) is 0 Å². The number of oxime groups is 1. The van der Waals surface area contributed by atoms with Crippen LogP contribution in [0.15, 0.2) is 5.16 Å². The molecule has 1 N–H and O–H groups in total. The second-order valence-electron chi connectivity index (χ2n) is 4.00. The average molecular weight is 303 g/mol. The van der Waals surface area contributed by atoms with Gasteiger partial charge in [0.05, 0.1) is 5.71 Å². The van der Waals surface area contributed by atoms with Gasteiger partial charge >= 0.3 is 0 Å². The van der Waals surface area contributed by atoms with E-state index in [-0.39, 0.29) is 5.91 Å². The van der Waals surface area contributed by atoms with Crippen LogP contribution in [0.5, 0.6) is 0 Å². The van der Waals surface area contributed by atoms with Crippen molar-refractivity contribution in [2.75, 3.05) is 13.2 Å². The molecule has 1 amide bonds. The van der Waals surface area contributed by atoms with Gasteiger partial charge in [-0.15, -0.1) is 0 Å². The maximum atomic E-state index is 11.3. The van der Waals surface area contributed by atoms with Crippen LogP contribution >= 0.6 is 0 Å². The Morgan fingerprint density at radius 2 is 1.57 bits per heavy atom. The highest BCUT2D eigenvalue weighted by Gasteiger charge is 2.00. The summed E-state index contributed by atoms with van der Waals surface area (Å²) >= 11 is 0. The molecule has 0 aromatic carbocycles. The Bertz CT molecular complexity index is 223. The second-order valence-corrected chi connectivity index (χ2v) is 4.00. The van der Waals surface area contributed by atoms with Crippen LogP contribution in [0.25, 0.3) is 0 Å². The van der Waals surface area contributed by atoms with Crippen LogP contribution in [0.2, 0.25) is 0 Å². The zero-order valence-electron chi connectivity index (χ0n) is 15.4. The Kier molecular flexibility index (Phi) is 28.5. The quantitative estimate of drug-likeness (QED) is 0.353. The van der Waals surface area contributed by atoms with Gasteiger partial charge in [-0.25, -0.2) is 0 Å². The molecule has 0 spiro atoms. The minimum absolute atomic E-state index is 0.109. The van der Waals surface area contributed by atoms with Crippen molar-refractivity contribution in [3.05, 3.63) is 0 Å². The standard InChI is InChI=1S/C13H26N2O2.2C2H6/c1-4-7-10-14-13(16)9-8-11-17-15-12(5-2)6-3;2*1-2/h4-11H2,1-3H3,(H,14,16);2*1-2H3. The summed E-state index contributed by atoms with van der Waals surface area (Å²) in [7, 11) is 0. The van der Waals surface area contributed by atoms with E-state index in [1.54, 1.807) is 0 Å². The third-order valence-electron chi connectivity index (χ3n) is 2.50. The van der Waals surface area contributed by atoms with E-state index >= 15 is 0 Å². The molecule has 4 heteroatoms. The van der Waals surface area contributed by atoms with Gasteiger partial charge < -0.3 is 10.2 Å². The first-order valence-electron chi connectivity index (χ1n) is 8.68. The minimum Gasteiger partial charge on any atom is -0.396 e. The summed E-state index contributed by atoms with van der Waals surface area (Å²) < 4.78 is 0. The topological polar surface area (TPSA) is 50.7 Å². The third kappa shape index (κ3) is 21.4. The molecule has 0 atom stereocenters. The van der Waals surface area contributed by atoms with Gasteiger partial charge in [-0.2, -0.15) is 0 Å². The van der Waals surface area contributed by atoms with Crippen molar-refractivity contribution in [3.63, 3.8) is 0 Å². The fourth-order valence-electron chi connectivity index (χ4n) is 1.31.